The van der Waals surface area contributed by atoms with Crippen LogP contribution < -0.4 is 4.72 Å². The van der Waals surface area contributed by atoms with E-state index in [1.807, 2.05) is 26.0 Å². The van der Waals surface area contributed by atoms with Crippen LogP contribution in [-0.2, 0) is 10.0 Å². The monoisotopic (exact) mass is 394 g/mol. The van der Waals surface area contributed by atoms with Crippen LogP contribution >= 0.6 is 0 Å². The zero-order valence-corrected chi connectivity index (χ0v) is 16.1. The smallest absolute Gasteiger partial charge is 0.263 e. The average Bonchev–Trinajstić information content (AvgIpc) is 3.09. The van der Waals surface area contributed by atoms with Gasteiger partial charge in [0, 0.05) is 11.8 Å². The Balaban J connectivity index is 1.73. The van der Waals surface area contributed by atoms with Gasteiger partial charge < -0.3 is 10.1 Å². The summed E-state index contributed by atoms with van der Waals surface area (Å²) in [6.07, 6.45) is 1.52. The average molecular weight is 394 g/mol. The molecule has 0 aliphatic rings. The van der Waals surface area contributed by atoms with E-state index in [1.54, 1.807) is 24.3 Å². The van der Waals surface area contributed by atoms with Crippen LogP contribution in [0.5, 0.6) is 5.75 Å². The Morgan fingerprint density at radius 3 is 2.46 bits per heavy atom. The minimum Gasteiger partial charge on any atom is -0.507 e. The number of aromatic amines is 1. The quantitative estimate of drug-likeness (QED) is 0.489. The van der Waals surface area contributed by atoms with Crippen LogP contribution in [0.4, 0.5) is 5.82 Å². The number of sulfonamides is 1. The lowest BCUT2D eigenvalue weighted by molar-refractivity contribution is 0.467. The van der Waals surface area contributed by atoms with Crippen LogP contribution in [0, 0.1) is 13.8 Å². The number of H-pyrrole nitrogens is 1. The van der Waals surface area contributed by atoms with Gasteiger partial charge in [0.1, 0.15) is 17.4 Å². The van der Waals surface area contributed by atoms with Crippen LogP contribution in [0.3, 0.4) is 0 Å². The highest BCUT2D eigenvalue weighted by Gasteiger charge is 2.17. The van der Waals surface area contributed by atoms with Crippen molar-refractivity contribution >= 4 is 26.9 Å². The van der Waals surface area contributed by atoms with E-state index in [-0.39, 0.29) is 16.5 Å². The number of anilines is 1. The van der Waals surface area contributed by atoms with Gasteiger partial charge >= 0.3 is 0 Å². The summed E-state index contributed by atoms with van der Waals surface area (Å²) in [6.45, 7) is 3.64. The second-order valence-electron chi connectivity index (χ2n) is 6.54. The van der Waals surface area contributed by atoms with Crippen molar-refractivity contribution < 1.29 is 13.5 Å². The number of pyridine rings is 1. The summed E-state index contributed by atoms with van der Waals surface area (Å²) < 4.78 is 27.7. The molecule has 0 amide bonds. The van der Waals surface area contributed by atoms with E-state index in [9.17, 15) is 13.5 Å². The van der Waals surface area contributed by atoms with Gasteiger partial charge in [0.15, 0.2) is 0 Å². The van der Waals surface area contributed by atoms with Crippen LogP contribution in [0.25, 0.3) is 22.4 Å². The molecule has 0 saturated heterocycles. The number of fused-ring (bicyclic) bond motifs is 1. The molecule has 2 heterocycles. The number of nitrogens with zero attached hydrogens (tertiary/aromatic N) is 2. The third kappa shape index (κ3) is 3.29. The fourth-order valence-electron chi connectivity index (χ4n) is 3.00. The number of rotatable bonds is 4. The van der Waals surface area contributed by atoms with Crippen LogP contribution in [0.2, 0.25) is 0 Å². The largest absolute Gasteiger partial charge is 0.507 e. The second-order valence-corrected chi connectivity index (χ2v) is 8.23. The maximum Gasteiger partial charge on any atom is 0.263 e. The number of phenols is 1. The van der Waals surface area contributed by atoms with Gasteiger partial charge in [0.05, 0.1) is 15.9 Å². The standard InChI is InChI=1S/C20H18N4O3S/c1-12-9-14(10-13(2)19(12)25)20-22-16-7-6-15(11-17(16)23-20)28(26,27)24-18-5-3-4-8-21-18/h3-11,25H,1-2H3,(H,21,24)(H,22,23). The molecule has 2 aromatic heterocycles. The molecule has 28 heavy (non-hydrogen) atoms. The maximum atomic E-state index is 12.6. The molecule has 0 radical (unpaired) electrons. The van der Waals surface area contributed by atoms with E-state index in [2.05, 4.69) is 19.7 Å². The van der Waals surface area contributed by atoms with Crippen LogP contribution in [0.15, 0.2) is 59.6 Å². The number of nitrogens with one attached hydrogen (secondary N) is 2. The van der Waals surface area contributed by atoms with Crippen molar-refractivity contribution in [2.24, 2.45) is 0 Å². The number of hydrogen-bond acceptors (Lipinski definition) is 5. The van der Waals surface area contributed by atoms with E-state index in [1.165, 1.54) is 18.3 Å². The molecule has 0 aliphatic heterocycles. The topological polar surface area (TPSA) is 108 Å². The molecule has 0 aliphatic carbocycles. The van der Waals surface area contributed by atoms with E-state index in [4.69, 9.17) is 0 Å². The van der Waals surface area contributed by atoms with Crippen LogP contribution in [-0.4, -0.2) is 28.5 Å². The number of aryl methyl sites for hydroxylation is 2. The SMILES string of the molecule is Cc1cc(-c2nc3ccc(S(=O)(=O)Nc4ccccn4)cc3[nH]2)cc(C)c1O. The summed E-state index contributed by atoms with van der Waals surface area (Å²) in [5.41, 5.74) is 3.56. The van der Waals surface area contributed by atoms with E-state index in [0.717, 1.165) is 16.7 Å². The third-order valence-electron chi connectivity index (χ3n) is 4.43. The predicted octanol–water partition coefficient (Wildman–Crippen LogP) is 3.75. The fraction of sp³-hybridized carbons (Fsp3) is 0.100. The zero-order chi connectivity index (χ0) is 19.9. The number of imidazole rings is 1. The van der Waals surface area contributed by atoms with Gasteiger partial charge in [-0.1, -0.05) is 6.07 Å². The normalized spacial score (nSPS) is 11.6. The number of aromatic nitrogens is 3. The first-order valence-corrected chi connectivity index (χ1v) is 10.1. The molecule has 142 valence electrons. The van der Waals surface area contributed by atoms with Crippen molar-refractivity contribution in [3.63, 3.8) is 0 Å². The van der Waals surface area contributed by atoms with Crippen molar-refractivity contribution in [3.8, 4) is 17.1 Å². The van der Waals surface area contributed by atoms with E-state index < -0.39 is 10.0 Å². The molecular formula is C20H18N4O3S. The minimum absolute atomic E-state index is 0.110. The molecule has 4 aromatic rings. The van der Waals surface area contributed by atoms with Crippen molar-refractivity contribution in [1.82, 2.24) is 15.0 Å². The third-order valence-corrected chi connectivity index (χ3v) is 5.78. The molecule has 3 N–H and O–H groups in total. The molecule has 0 atom stereocenters. The summed E-state index contributed by atoms with van der Waals surface area (Å²) >= 11 is 0. The summed E-state index contributed by atoms with van der Waals surface area (Å²) in [4.78, 5) is 11.8. The Kier molecular flexibility index (Phi) is 4.27. The second kappa shape index (κ2) is 6.65. The molecule has 2 aromatic carbocycles. The number of phenolic OH excluding ortho intramolecular Hbond substituents is 1. The van der Waals surface area contributed by atoms with Gasteiger partial charge in [-0.3, -0.25) is 4.72 Å². The Labute approximate surface area is 162 Å². The zero-order valence-electron chi connectivity index (χ0n) is 15.3. The molecule has 0 unspecified atom stereocenters. The van der Waals surface area contributed by atoms with E-state index >= 15 is 0 Å². The first-order chi connectivity index (χ1) is 13.3. The molecule has 8 heteroatoms. The molecular weight excluding hydrogens is 376 g/mol. The highest BCUT2D eigenvalue weighted by atomic mass is 32.2. The highest BCUT2D eigenvalue weighted by molar-refractivity contribution is 7.92. The molecule has 7 nitrogen and oxygen atoms in total. The fourth-order valence-corrected chi connectivity index (χ4v) is 4.04. The van der Waals surface area contributed by atoms with Crippen molar-refractivity contribution in [1.29, 1.82) is 0 Å². The van der Waals surface area contributed by atoms with Gasteiger partial charge in [-0.25, -0.2) is 18.4 Å². The molecule has 0 fully saturated rings. The summed E-state index contributed by atoms with van der Waals surface area (Å²) in [6, 6.07) is 13.4. The van der Waals surface area contributed by atoms with E-state index in [0.29, 0.717) is 16.9 Å². The number of benzene rings is 2. The van der Waals surface area contributed by atoms with Crippen molar-refractivity contribution in [3.05, 3.63) is 65.9 Å². The lowest BCUT2D eigenvalue weighted by atomic mass is 10.1. The maximum absolute atomic E-state index is 12.6. The molecule has 0 bridgehead atoms. The summed E-state index contributed by atoms with van der Waals surface area (Å²) in [5.74, 6) is 1.12. The molecule has 0 saturated carbocycles. The van der Waals surface area contributed by atoms with Gasteiger partial charge in [0.25, 0.3) is 10.0 Å². The Morgan fingerprint density at radius 2 is 1.79 bits per heavy atom. The molecule has 0 spiro atoms. The van der Waals surface area contributed by atoms with Crippen molar-refractivity contribution in [2.75, 3.05) is 4.72 Å². The lowest BCUT2D eigenvalue weighted by Gasteiger charge is -2.06. The predicted molar refractivity (Wildman–Crippen MR) is 108 cm³/mol. The van der Waals surface area contributed by atoms with Gasteiger partial charge in [-0.2, -0.15) is 0 Å². The first kappa shape index (κ1) is 18.0. The first-order valence-electron chi connectivity index (χ1n) is 8.58. The van der Waals surface area contributed by atoms with Gasteiger partial charge in [-0.15, -0.1) is 0 Å². The summed E-state index contributed by atoms with van der Waals surface area (Å²) in [7, 11) is -3.77. The Hall–Kier alpha value is -3.39. The number of hydrogen-bond donors (Lipinski definition) is 3. The minimum atomic E-state index is -3.77. The van der Waals surface area contributed by atoms with Gasteiger partial charge in [-0.05, 0) is 67.4 Å². The van der Waals surface area contributed by atoms with Crippen molar-refractivity contribution in [2.45, 2.75) is 18.7 Å². The lowest BCUT2D eigenvalue weighted by Crippen LogP contribution is -2.13. The highest BCUT2D eigenvalue weighted by Crippen LogP contribution is 2.29. The Morgan fingerprint density at radius 1 is 1.04 bits per heavy atom. The van der Waals surface area contributed by atoms with Crippen LogP contribution in [0.1, 0.15) is 11.1 Å². The van der Waals surface area contributed by atoms with Gasteiger partial charge in [0.2, 0.25) is 0 Å². The Bertz CT molecular complexity index is 1260. The molecule has 4 rings (SSSR count). The summed E-state index contributed by atoms with van der Waals surface area (Å²) in [5, 5.41) is 9.96. The number of aromatic hydroxyl groups is 1.